The number of nitrogens with one attached hydrogen (secondary N) is 2. The molecule has 0 aromatic carbocycles. The van der Waals surface area contributed by atoms with Gasteiger partial charge in [0.05, 0.1) is 30.2 Å². The summed E-state index contributed by atoms with van der Waals surface area (Å²) in [4.78, 5) is 13.5. The van der Waals surface area contributed by atoms with Crippen LogP contribution in [0.4, 0.5) is 5.95 Å². The second-order valence-corrected chi connectivity index (χ2v) is 6.23. The zero-order valence-electron chi connectivity index (χ0n) is 14.5. The Kier molecular flexibility index (Phi) is 4.15. The Balaban J connectivity index is 1.51. The quantitative estimate of drug-likeness (QED) is 0.760. The summed E-state index contributed by atoms with van der Waals surface area (Å²) >= 11 is 0. The van der Waals surface area contributed by atoms with Gasteiger partial charge in [-0.15, -0.1) is 0 Å². The summed E-state index contributed by atoms with van der Waals surface area (Å²) in [6.07, 6.45) is 1.77. The van der Waals surface area contributed by atoms with Crippen LogP contribution >= 0.6 is 0 Å². The fourth-order valence-electron chi connectivity index (χ4n) is 3.06. The molecule has 0 saturated heterocycles. The largest absolute Gasteiger partial charge is 0.348 e. The zero-order valence-corrected chi connectivity index (χ0v) is 14.5. The van der Waals surface area contributed by atoms with E-state index in [1.807, 2.05) is 26.0 Å². The first-order valence-corrected chi connectivity index (χ1v) is 8.47. The van der Waals surface area contributed by atoms with Crippen LogP contribution in [0.2, 0.25) is 0 Å². The van der Waals surface area contributed by atoms with Crippen molar-refractivity contribution in [3.05, 3.63) is 53.2 Å². The molecular formula is C18H21N7. The fourth-order valence-corrected chi connectivity index (χ4v) is 3.06. The minimum absolute atomic E-state index is 0.599. The highest BCUT2D eigenvalue weighted by atomic mass is 15.3. The van der Waals surface area contributed by atoms with Gasteiger partial charge in [-0.3, -0.25) is 9.67 Å². The normalized spacial score (nSPS) is 13.5. The van der Waals surface area contributed by atoms with Gasteiger partial charge in [0.25, 0.3) is 0 Å². The number of pyridine rings is 1. The Labute approximate surface area is 146 Å². The van der Waals surface area contributed by atoms with Crippen LogP contribution in [0.1, 0.15) is 22.8 Å². The number of aromatic nitrogens is 5. The number of anilines is 1. The van der Waals surface area contributed by atoms with Crippen LogP contribution < -0.4 is 10.6 Å². The highest BCUT2D eigenvalue weighted by Crippen LogP contribution is 2.21. The molecule has 3 aromatic rings. The van der Waals surface area contributed by atoms with E-state index < -0.39 is 0 Å². The molecule has 25 heavy (non-hydrogen) atoms. The molecule has 7 nitrogen and oxygen atoms in total. The van der Waals surface area contributed by atoms with Crippen molar-refractivity contribution in [2.75, 3.05) is 11.9 Å². The number of fused-ring (bicyclic) bond motifs is 1. The average Bonchev–Trinajstić information content (AvgIpc) is 3.03. The molecule has 0 saturated carbocycles. The van der Waals surface area contributed by atoms with E-state index >= 15 is 0 Å². The summed E-state index contributed by atoms with van der Waals surface area (Å²) in [6, 6.07) is 8.09. The summed E-state index contributed by atoms with van der Waals surface area (Å²) in [5, 5.41) is 11.2. The van der Waals surface area contributed by atoms with Gasteiger partial charge in [0, 0.05) is 36.2 Å². The maximum Gasteiger partial charge on any atom is 0.223 e. The molecular weight excluding hydrogens is 314 g/mol. The van der Waals surface area contributed by atoms with Gasteiger partial charge in [-0.1, -0.05) is 0 Å². The number of nitrogens with zero attached hydrogens (tertiary/aromatic N) is 5. The summed E-state index contributed by atoms with van der Waals surface area (Å²) < 4.78 is 2.06. The molecule has 7 heteroatoms. The molecule has 0 amide bonds. The lowest BCUT2D eigenvalue weighted by molar-refractivity contribution is 0.473. The van der Waals surface area contributed by atoms with Gasteiger partial charge in [0.1, 0.15) is 0 Å². The monoisotopic (exact) mass is 335 g/mol. The summed E-state index contributed by atoms with van der Waals surface area (Å²) in [5.41, 5.74) is 6.10. The van der Waals surface area contributed by atoms with Crippen LogP contribution in [-0.2, 0) is 19.6 Å². The number of hydrogen-bond donors (Lipinski definition) is 2. The highest BCUT2D eigenvalue weighted by molar-refractivity contribution is 5.62. The summed E-state index contributed by atoms with van der Waals surface area (Å²) in [5.74, 6) is 0.599. The second-order valence-electron chi connectivity index (χ2n) is 6.23. The third-order valence-corrected chi connectivity index (χ3v) is 4.30. The molecule has 2 N–H and O–H groups in total. The third-order valence-electron chi connectivity index (χ3n) is 4.30. The van der Waals surface area contributed by atoms with E-state index in [2.05, 4.69) is 47.5 Å². The molecule has 3 aromatic heterocycles. The smallest absolute Gasteiger partial charge is 0.223 e. The summed E-state index contributed by atoms with van der Waals surface area (Å²) in [6.45, 7) is 7.36. The number of aryl methyl sites for hydroxylation is 2. The van der Waals surface area contributed by atoms with E-state index in [1.54, 1.807) is 6.20 Å². The minimum atomic E-state index is 0.599. The fraction of sp³-hybridized carbons (Fsp3) is 0.333. The van der Waals surface area contributed by atoms with E-state index in [9.17, 15) is 0 Å². The predicted molar refractivity (Wildman–Crippen MR) is 96.0 cm³/mol. The Morgan fingerprint density at radius 1 is 1.20 bits per heavy atom. The van der Waals surface area contributed by atoms with Crippen molar-refractivity contribution < 1.29 is 0 Å². The van der Waals surface area contributed by atoms with Gasteiger partial charge in [0.15, 0.2) is 0 Å². The standard InChI is InChI=1S/C18H21N7/c1-12-3-4-16(13(2)22-12)17-5-6-20-18(23-17)21-10-14-9-15-11-19-7-8-25(15)24-14/h3-6,9,19H,7-8,10-11H2,1-2H3,(H,20,21,23). The van der Waals surface area contributed by atoms with Crippen LogP contribution in [-0.4, -0.2) is 31.3 Å². The van der Waals surface area contributed by atoms with Crippen molar-refractivity contribution in [3.63, 3.8) is 0 Å². The van der Waals surface area contributed by atoms with Gasteiger partial charge in [-0.25, -0.2) is 9.97 Å². The maximum atomic E-state index is 4.62. The van der Waals surface area contributed by atoms with Crippen LogP contribution in [0.5, 0.6) is 0 Å². The lowest BCUT2D eigenvalue weighted by Gasteiger charge is -2.13. The SMILES string of the molecule is Cc1ccc(-c2ccnc(NCc3cc4n(n3)CCNC4)n2)c(C)n1. The Bertz CT molecular complexity index is 877. The lowest BCUT2D eigenvalue weighted by Crippen LogP contribution is -2.28. The first kappa shape index (κ1) is 15.7. The van der Waals surface area contributed by atoms with Crippen molar-refractivity contribution in [2.45, 2.75) is 33.5 Å². The Morgan fingerprint density at radius 2 is 2.12 bits per heavy atom. The van der Waals surface area contributed by atoms with Crippen LogP contribution in [0.3, 0.4) is 0 Å². The molecule has 1 aliphatic heterocycles. The first-order chi connectivity index (χ1) is 12.2. The molecule has 128 valence electrons. The van der Waals surface area contributed by atoms with Crippen molar-refractivity contribution in [3.8, 4) is 11.3 Å². The van der Waals surface area contributed by atoms with Crippen molar-refractivity contribution in [1.82, 2.24) is 30.0 Å². The molecule has 0 spiro atoms. The van der Waals surface area contributed by atoms with Crippen LogP contribution in [0.15, 0.2) is 30.5 Å². The van der Waals surface area contributed by atoms with Gasteiger partial charge in [0.2, 0.25) is 5.95 Å². The van der Waals surface area contributed by atoms with E-state index in [0.29, 0.717) is 12.5 Å². The predicted octanol–water partition coefficient (Wildman–Crippen LogP) is 2.07. The van der Waals surface area contributed by atoms with Crippen LogP contribution in [0.25, 0.3) is 11.3 Å². The van der Waals surface area contributed by atoms with Crippen molar-refractivity contribution >= 4 is 5.95 Å². The van der Waals surface area contributed by atoms with Gasteiger partial charge in [-0.05, 0) is 38.1 Å². The molecule has 4 rings (SSSR count). The molecule has 0 unspecified atom stereocenters. The molecule has 4 heterocycles. The Morgan fingerprint density at radius 3 is 2.96 bits per heavy atom. The average molecular weight is 335 g/mol. The van der Waals surface area contributed by atoms with Gasteiger partial charge < -0.3 is 10.6 Å². The van der Waals surface area contributed by atoms with Crippen LogP contribution in [0, 0.1) is 13.8 Å². The van der Waals surface area contributed by atoms with E-state index in [1.165, 1.54) is 5.69 Å². The second kappa shape index (κ2) is 6.60. The van der Waals surface area contributed by atoms with E-state index in [4.69, 9.17) is 0 Å². The first-order valence-electron chi connectivity index (χ1n) is 8.47. The molecule has 0 atom stereocenters. The minimum Gasteiger partial charge on any atom is -0.348 e. The van der Waals surface area contributed by atoms with Gasteiger partial charge >= 0.3 is 0 Å². The van der Waals surface area contributed by atoms with Crippen molar-refractivity contribution in [1.29, 1.82) is 0 Å². The third kappa shape index (κ3) is 3.36. The van der Waals surface area contributed by atoms with Gasteiger partial charge in [-0.2, -0.15) is 5.10 Å². The number of rotatable bonds is 4. The lowest BCUT2D eigenvalue weighted by atomic mass is 10.1. The molecule has 1 aliphatic rings. The Hall–Kier alpha value is -2.80. The summed E-state index contributed by atoms with van der Waals surface area (Å²) in [7, 11) is 0. The molecule has 0 radical (unpaired) electrons. The van der Waals surface area contributed by atoms with E-state index in [-0.39, 0.29) is 0 Å². The topological polar surface area (TPSA) is 80.5 Å². The molecule has 0 aliphatic carbocycles. The number of hydrogen-bond acceptors (Lipinski definition) is 6. The molecule has 0 fully saturated rings. The zero-order chi connectivity index (χ0) is 17.2. The molecule has 0 bridgehead atoms. The highest BCUT2D eigenvalue weighted by Gasteiger charge is 2.12. The van der Waals surface area contributed by atoms with Crippen molar-refractivity contribution in [2.24, 2.45) is 0 Å². The maximum absolute atomic E-state index is 4.62. The van der Waals surface area contributed by atoms with E-state index in [0.717, 1.165) is 48.0 Å².